The maximum Gasteiger partial charge on any atom is 0.123 e. The third-order valence-electron chi connectivity index (χ3n) is 5.12. The van der Waals surface area contributed by atoms with Gasteiger partial charge in [-0.2, -0.15) is 0 Å². The highest BCUT2D eigenvalue weighted by Crippen LogP contribution is 2.43. The van der Waals surface area contributed by atoms with Gasteiger partial charge in [0.2, 0.25) is 0 Å². The van der Waals surface area contributed by atoms with E-state index in [0.717, 1.165) is 25.4 Å². The van der Waals surface area contributed by atoms with Crippen LogP contribution in [0.5, 0.6) is 0 Å². The van der Waals surface area contributed by atoms with Crippen LogP contribution in [0.15, 0.2) is 18.2 Å². The molecule has 0 aromatic heterocycles. The number of nitrogens with one attached hydrogen (secondary N) is 1. The molecule has 1 saturated carbocycles. The SMILES string of the molecule is CCNCC1CCC(C)(C)CC1Cc1cc(F)ccc1C. The minimum Gasteiger partial charge on any atom is -0.317 e. The highest BCUT2D eigenvalue weighted by molar-refractivity contribution is 5.27. The molecule has 1 aromatic carbocycles. The van der Waals surface area contributed by atoms with Gasteiger partial charge in [-0.1, -0.05) is 26.8 Å². The van der Waals surface area contributed by atoms with Gasteiger partial charge in [-0.05, 0) is 86.2 Å². The summed E-state index contributed by atoms with van der Waals surface area (Å²) < 4.78 is 13.5. The van der Waals surface area contributed by atoms with Crippen LogP contribution in [0.3, 0.4) is 0 Å². The van der Waals surface area contributed by atoms with Crippen LogP contribution < -0.4 is 5.32 Å². The minimum atomic E-state index is -0.103. The molecule has 1 aromatic rings. The monoisotopic (exact) mass is 291 g/mol. The number of hydrogen-bond donors (Lipinski definition) is 1. The zero-order valence-corrected chi connectivity index (χ0v) is 14.0. The van der Waals surface area contributed by atoms with Crippen LogP contribution in [0, 0.1) is 30.0 Å². The third kappa shape index (κ3) is 4.54. The van der Waals surface area contributed by atoms with Crippen molar-refractivity contribution in [2.24, 2.45) is 17.3 Å². The highest BCUT2D eigenvalue weighted by atomic mass is 19.1. The Morgan fingerprint density at radius 1 is 1.29 bits per heavy atom. The van der Waals surface area contributed by atoms with Gasteiger partial charge >= 0.3 is 0 Å². The average Bonchev–Trinajstić information content (AvgIpc) is 2.41. The third-order valence-corrected chi connectivity index (χ3v) is 5.12. The molecule has 0 amide bonds. The quantitative estimate of drug-likeness (QED) is 0.827. The zero-order chi connectivity index (χ0) is 15.5. The molecular formula is C19H30FN. The molecule has 0 saturated heterocycles. The smallest absolute Gasteiger partial charge is 0.123 e. The van der Waals surface area contributed by atoms with Crippen LogP contribution in [0.2, 0.25) is 0 Å². The number of benzene rings is 1. The summed E-state index contributed by atoms with van der Waals surface area (Å²) in [6.07, 6.45) is 4.86. The number of hydrogen-bond acceptors (Lipinski definition) is 1. The molecule has 0 radical (unpaired) electrons. The van der Waals surface area contributed by atoms with E-state index in [2.05, 4.69) is 33.0 Å². The number of halogens is 1. The summed E-state index contributed by atoms with van der Waals surface area (Å²) in [5.74, 6) is 1.28. The first-order chi connectivity index (χ1) is 9.91. The van der Waals surface area contributed by atoms with Crippen LogP contribution in [0.25, 0.3) is 0 Å². The van der Waals surface area contributed by atoms with E-state index in [1.165, 1.54) is 30.4 Å². The maximum absolute atomic E-state index is 13.5. The Morgan fingerprint density at radius 3 is 2.76 bits per heavy atom. The van der Waals surface area contributed by atoms with Crippen molar-refractivity contribution in [1.29, 1.82) is 0 Å². The molecule has 0 heterocycles. The van der Waals surface area contributed by atoms with Crippen molar-refractivity contribution in [3.63, 3.8) is 0 Å². The maximum atomic E-state index is 13.5. The number of rotatable bonds is 5. The molecule has 0 aliphatic heterocycles. The van der Waals surface area contributed by atoms with Gasteiger partial charge in [-0.15, -0.1) is 0 Å². The Morgan fingerprint density at radius 2 is 2.05 bits per heavy atom. The minimum absolute atomic E-state index is 0.103. The standard InChI is InChI=1S/C19H30FN/c1-5-21-13-15-8-9-19(3,4)12-17(15)10-16-11-18(20)7-6-14(16)2/h6-7,11,15,17,21H,5,8-10,12-13H2,1-4H3. The topological polar surface area (TPSA) is 12.0 Å². The molecule has 2 heteroatoms. The summed E-state index contributed by atoms with van der Waals surface area (Å²) in [5, 5.41) is 3.51. The van der Waals surface area contributed by atoms with Gasteiger partial charge in [0, 0.05) is 0 Å². The van der Waals surface area contributed by atoms with E-state index >= 15 is 0 Å². The van der Waals surface area contributed by atoms with Gasteiger partial charge < -0.3 is 5.32 Å². The molecular weight excluding hydrogens is 261 g/mol. The predicted molar refractivity (Wildman–Crippen MR) is 88.0 cm³/mol. The van der Waals surface area contributed by atoms with Crippen molar-refractivity contribution in [2.45, 2.75) is 53.4 Å². The second-order valence-electron chi connectivity index (χ2n) is 7.51. The summed E-state index contributed by atoms with van der Waals surface area (Å²) in [4.78, 5) is 0. The molecule has 2 rings (SSSR count). The summed E-state index contributed by atoms with van der Waals surface area (Å²) in [5.41, 5.74) is 2.84. The Kier molecular flexibility index (Phi) is 5.43. The van der Waals surface area contributed by atoms with Crippen molar-refractivity contribution in [3.05, 3.63) is 35.1 Å². The van der Waals surface area contributed by atoms with Gasteiger partial charge in [0.05, 0.1) is 0 Å². The Hall–Kier alpha value is -0.890. The van der Waals surface area contributed by atoms with E-state index in [1.54, 1.807) is 12.1 Å². The molecule has 0 bridgehead atoms. The largest absolute Gasteiger partial charge is 0.317 e. The summed E-state index contributed by atoms with van der Waals surface area (Å²) >= 11 is 0. The second kappa shape index (κ2) is 6.91. The van der Waals surface area contributed by atoms with Crippen LogP contribution in [-0.4, -0.2) is 13.1 Å². The fraction of sp³-hybridized carbons (Fsp3) is 0.684. The summed E-state index contributed by atoms with van der Waals surface area (Å²) in [6, 6.07) is 5.22. The first kappa shape index (κ1) is 16.5. The molecule has 118 valence electrons. The molecule has 1 aliphatic rings. The molecule has 1 aliphatic carbocycles. The molecule has 0 spiro atoms. The van der Waals surface area contributed by atoms with Gasteiger partial charge in [-0.3, -0.25) is 0 Å². The van der Waals surface area contributed by atoms with Crippen molar-refractivity contribution in [2.75, 3.05) is 13.1 Å². The molecule has 21 heavy (non-hydrogen) atoms. The molecule has 1 nitrogen and oxygen atoms in total. The van der Waals surface area contributed by atoms with Crippen LogP contribution in [0.4, 0.5) is 4.39 Å². The van der Waals surface area contributed by atoms with Gasteiger partial charge in [0.25, 0.3) is 0 Å². The Labute approximate surface area is 129 Å². The lowest BCUT2D eigenvalue weighted by molar-refractivity contribution is 0.116. The molecule has 1 N–H and O–H groups in total. The Bertz CT molecular complexity index is 467. The second-order valence-corrected chi connectivity index (χ2v) is 7.51. The molecule has 1 fully saturated rings. The number of aryl methyl sites for hydroxylation is 1. The lowest BCUT2D eigenvalue weighted by Gasteiger charge is -2.41. The van der Waals surface area contributed by atoms with Crippen molar-refractivity contribution < 1.29 is 4.39 Å². The Balaban J connectivity index is 2.13. The average molecular weight is 291 g/mol. The lowest BCUT2D eigenvalue weighted by Crippen LogP contribution is -2.37. The van der Waals surface area contributed by atoms with Crippen LogP contribution >= 0.6 is 0 Å². The summed E-state index contributed by atoms with van der Waals surface area (Å²) in [6.45, 7) is 11.2. The van der Waals surface area contributed by atoms with E-state index in [-0.39, 0.29) is 5.82 Å². The van der Waals surface area contributed by atoms with Crippen LogP contribution in [-0.2, 0) is 6.42 Å². The van der Waals surface area contributed by atoms with E-state index in [4.69, 9.17) is 0 Å². The van der Waals surface area contributed by atoms with Gasteiger partial charge in [0.1, 0.15) is 5.82 Å². The summed E-state index contributed by atoms with van der Waals surface area (Å²) in [7, 11) is 0. The van der Waals surface area contributed by atoms with Gasteiger partial charge in [-0.25, -0.2) is 4.39 Å². The van der Waals surface area contributed by atoms with E-state index in [0.29, 0.717) is 11.3 Å². The fourth-order valence-corrected chi connectivity index (χ4v) is 3.77. The first-order valence-electron chi connectivity index (χ1n) is 8.37. The zero-order valence-electron chi connectivity index (χ0n) is 14.0. The van der Waals surface area contributed by atoms with Crippen molar-refractivity contribution in [3.8, 4) is 0 Å². The normalized spacial score (nSPS) is 25.0. The molecule has 2 unspecified atom stereocenters. The molecule has 2 atom stereocenters. The lowest BCUT2D eigenvalue weighted by atomic mass is 9.65. The van der Waals surface area contributed by atoms with Gasteiger partial charge in [0.15, 0.2) is 0 Å². The van der Waals surface area contributed by atoms with Crippen molar-refractivity contribution in [1.82, 2.24) is 5.32 Å². The fourth-order valence-electron chi connectivity index (χ4n) is 3.77. The van der Waals surface area contributed by atoms with Crippen molar-refractivity contribution >= 4 is 0 Å². The van der Waals surface area contributed by atoms with E-state index in [9.17, 15) is 4.39 Å². The van der Waals surface area contributed by atoms with E-state index in [1.807, 2.05) is 6.07 Å². The van der Waals surface area contributed by atoms with Crippen LogP contribution in [0.1, 0.15) is 51.2 Å². The first-order valence-corrected chi connectivity index (χ1v) is 8.37. The highest BCUT2D eigenvalue weighted by Gasteiger charge is 2.34. The predicted octanol–water partition coefficient (Wildman–Crippen LogP) is 4.73. The van der Waals surface area contributed by atoms with E-state index < -0.39 is 0 Å².